The largest absolute Gasteiger partial charge is 0.384 e. The molecule has 0 saturated carbocycles. The standard InChI is InChI=1S/C15H14F2O4S/c1-20-10-9-11-5-7-12(8-6-11)21-22(18,19)15-13(16)3-2-4-14(15)17/h2-8H,9-10H2,1H3. The predicted octanol–water partition coefficient (Wildman–Crippen LogP) is 2.92. The summed E-state index contributed by atoms with van der Waals surface area (Å²) in [6.07, 6.45) is 0.658. The SMILES string of the molecule is COCCc1ccc(OS(=O)(=O)c2c(F)cccc2F)cc1. The van der Waals surface area contributed by atoms with Gasteiger partial charge in [-0.15, -0.1) is 0 Å². The van der Waals surface area contributed by atoms with E-state index in [1.54, 1.807) is 19.2 Å². The number of hydrogen-bond acceptors (Lipinski definition) is 4. The first-order valence-electron chi connectivity index (χ1n) is 6.40. The summed E-state index contributed by atoms with van der Waals surface area (Å²) in [7, 11) is -3.00. The summed E-state index contributed by atoms with van der Waals surface area (Å²) in [5.74, 6) is -2.42. The minimum Gasteiger partial charge on any atom is -0.384 e. The number of benzene rings is 2. The summed E-state index contributed by atoms with van der Waals surface area (Å²) in [4.78, 5) is -1.10. The molecule has 0 fully saturated rings. The molecule has 22 heavy (non-hydrogen) atoms. The Morgan fingerprint density at radius 1 is 1.00 bits per heavy atom. The monoisotopic (exact) mass is 328 g/mol. The molecule has 2 aromatic carbocycles. The van der Waals surface area contributed by atoms with Crippen molar-refractivity contribution in [2.75, 3.05) is 13.7 Å². The fourth-order valence-corrected chi connectivity index (χ4v) is 2.88. The van der Waals surface area contributed by atoms with Crippen LogP contribution in [0.2, 0.25) is 0 Å². The van der Waals surface area contributed by atoms with Crippen molar-refractivity contribution in [1.82, 2.24) is 0 Å². The average Bonchev–Trinajstić information content (AvgIpc) is 2.45. The Kier molecular flexibility index (Phi) is 5.10. The van der Waals surface area contributed by atoms with E-state index in [1.807, 2.05) is 0 Å². The summed E-state index contributed by atoms with van der Waals surface area (Å²) >= 11 is 0. The van der Waals surface area contributed by atoms with Gasteiger partial charge in [0.2, 0.25) is 0 Å². The summed E-state index contributed by atoms with van der Waals surface area (Å²) in [6.45, 7) is 0.527. The number of methoxy groups -OCH3 is 1. The van der Waals surface area contributed by atoms with Crippen molar-refractivity contribution in [1.29, 1.82) is 0 Å². The molecule has 0 amide bonds. The second-order valence-corrected chi connectivity index (χ2v) is 5.96. The third kappa shape index (κ3) is 3.80. The van der Waals surface area contributed by atoms with Gasteiger partial charge in [-0.3, -0.25) is 0 Å². The zero-order valence-electron chi connectivity index (χ0n) is 11.8. The maximum absolute atomic E-state index is 13.5. The van der Waals surface area contributed by atoms with Gasteiger partial charge in [-0.2, -0.15) is 8.42 Å². The van der Waals surface area contributed by atoms with Gasteiger partial charge in [0.05, 0.1) is 6.61 Å². The molecule has 118 valence electrons. The third-order valence-electron chi connectivity index (χ3n) is 2.89. The molecule has 0 aromatic heterocycles. The molecule has 2 rings (SSSR count). The Labute approximate surface area is 127 Å². The number of rotatable bonds is 6. The van der Waals surface area contributed by atoms with E-state index in [2.05, 4.69) is 0 Å². The lowest BCUT2D eigenvalue weighted by Gasteiger charge is -2.09. The van der Waals surface area contributed by atoms with Crippen molar-refractivity contribution in [2.45, 2.75) is 11.3 Å². The van der Waals surface area contributed by atoms with Crippen molar-refractivity contribution in [2.24, 2.45) is 0 Å². The minimum absolute atomic E-state index is 0.0242. The van der Waals surface area contributed by atoms with Crippen molar-refractivity contribution in [3.05, 3.63) is 59.7 Å². The summed E-state index contributed by atoms with van der Waals surface area (Å²) in [6, 6.07) is 8.93. The van der Waals surface area contributed by atoms with E-state index in [9.17, 15) is 17.2 Å². The van der Waals surface area contributed by atoms with Crippen LogP contribution in [0.1, 0.15) is 5.56 Å². The van der Waals surface area contributed by atoms with E-state index in [0.29, 0.717) is 13.0 Å². The van der Waals surface area contributed by atoms with Gasteiger partial charge in [0.1, 0.15) is 17.4 Å². The highest BCUT2D eigenvalue weighted by atomic mass is 32.2. The Morgan fingerprint density at radius 2 is 1.59 bits per heavy atom. The molecule has 4 nitrogen and oxygen atoms in total. The van der Waals surface area contributed by atoms with Gasteiger partial charge in [-0.25, -0.2) is 8.78 Å². The van der Waals surface area contributed by atoms with Gasteiger partial charge >= 0.3 is 10.1 Å². The molecule has 0 radical (unpaired) electrons. The van der Waals surface area contributed by atoms with Gasteiger partial charge in [0.25, 0.3) is 0 Å². The van der Waals surface area contributed by atoms with Crippen LogP contribution in [0, 0.1) is 11.6 Å². The quantitative estimate of drug-likeness (QED) is 0.765. The third-order valence-corrected chi connectivity index (χ3v) is 4.19. The molecule has 0 N–H and O–H groups in total. The van der Waals surface area contributed by atoms with Crippen LogP contribution in [-0.4, -0.2) is 22.1 Å². The Morgan fingerprint density at radius 3 is 2.14 bits per heavy atom. The van der Waals surface area contributed by atoms with Gasteiger partial charge in [-0.1, -0.05) is 18.2 Å². The van der Waals surface area contributed by atoms with Crippen LogP contribution in [0.25, 0.3) is 0 Å². The second-order valence-electron chi connectivity index (χ2n) is 4.47. The van der Waals surface area contributed by atoms with E-state index in [1.165, 1.54) is 12.1 Å². The predicted molar refractivity (Wildman–Crippen MR) is 76.2 cm³/mol. The lowest BCUT2D eigenvalue weighted by molar-refractivity contribution is 0.202. The fraction of sp³-hybridized carbons (Fsp3) is 0.200. The van der Waals surface area contributed by atoms with Crippen molar-refractivity contribution in [3.8, 4) is 5.75 Å². The van der Waals surface area contributed by atoms with Crippen LogP contribution >= 0.6 is 0 Å². The second kappa shape index (κ2) is 6.85. The van der Waals surface area contributed by atoms with E-state index in [4.69, 9.17) is 8.92 Å². The van der Waals surface area contributed by atoms with Crippen LogP contribution in [-0.2, 0) is 21.3 Å². The molecule has 0 unspecified atom stereocenters. The summed E-state index contributed by atoms with van der Waals surface area (Å²) < 4.78 is 60.7. The molecule has 0 spiro atoms. The number of hydrogen-bond donors (Lipinski definition) is 0. The summed E-state index contributed by atoms with van der Waals surface area (Å²) in [5.41, 5.74) is 0.920. The molecule has 0 bridgehead atoms. The van der Waals surface area contributed by atoms with Crippen LogP contribution in [0.15, 0.2) is 47.4 Å². The van der Waals surface area contributed by atoms with Crippen LogP contribution in [0.3, 0.4) is 0 Å². The first-order valence-corrected chi connectivity index (χ1v) is 7.81. The molecule has 0 aliphatic rings. The Bertz CT molecular complexity index is 722. The first kappa shape index (κ1) is 16.4. The average molecular weight is 328 g/mol. The lowest BCUT2D eigenvalue weighted by atomic mass is 10.1. The molecule has 2 aromatic rings. The highest BCUT2D eigenvalue weighted by Crippen LogP contribution is 2.23. The zero-order chi connectivity index (χ0) is 16.2. The maximum Gasteiger partial charge on any atom is 0.345 e. The van der Waals surface area contributed by atoms with Crippen LogP contribution in [0.4, 0.5) is 8.78 Å². The number of halogens is 2. The van der Waals surface area contributed by atoms with Crippen molar-refractivity contribution in [3.63, 3.8) is 0 Å². The molecule has 0 aliphatic heterocycles. The van der Waals surface area contributed by atoms with Crippen molar-refractivity contribution < 1.29 is 26.1 Å². The minimum atomic E-state index is -4.58. The lowest BCUT2D eigenvalue weighted by Crippen LogP contribution is -2.13. The normalized spacial score (nSPS) is 11.4. The highest BCUT2D eigenvalue weighted by molar-refractivity contribution is 7.87. The molecule has 0 saturated heterocycles. The topological polar surface area (TPSA) is 52.6 Å². The summed E-state index contributed by atoms with van der Waals surface area (Å²) in [5, 5.41) is 0. The van der Waals surface area contributed by atoms with Crippen LogP contribution < -0.4 is 4.18 Å². The Hall–Kier alpha value is -1.99. The smallest absolute Gasteiger partial charge is 0.345 e. The Balaban J connectivity index is 2.22. The molecular weight excluding hydrogens is 314 g/mol. The van der Waals surface area contributed by atoms with E-state index in [0.717, 1.165) is 23.8 Å². The molecule has 0 atom stereocenters. The van der Waals surface area contributed by atoms with Crippen LogP contribution in [0.5, 0.6) is 5.75 Å². The number of ether oxygens (including phenoxy) is 1. The fourth-order valence-electron chi connectivity index (χ4n) is 1.82. The highest BCUT2D eigenvalue weighted by Gasteiger charge is 2.25. The maximum atomic E-state index is 13.5. The van der Waals surface area contributed by atoms with E-state index in [-0.39, 0.29) is 5.75 Å². The van der Waals surface area contributed by atoms with Gasteiger partial charge in [-0.05, 0) is 36.2 Å². The molecular formula is C15H14F2O4S. The molecule has 7 heteroatoms. The molecule has 0 aliphatic carbocycles. The van der Waals surface area contributed by atoms with E-state index < -0.39 is 26.6 Å². The van der Waals surface area contributed by atoms with Gasteiger partial charge < -0.3 is 8.92 Å². The van der Waals surface area contributed by atoms with Crippen molar-refractivity contribution >= 4 is 10.1 Å². The van der Waals surface area contributed by atoms with E-state index >= 15 is 0 Å². The zero-order valence-corrected chi connectivity index (χ0v) is 12.6. The molecule has 0 heterocycles. The van der Waals surface area contributed by atoms with Gasteiger partial charge in [0.15, 0.2) is 4.90 Å². The first-order chi connectivity index (χ1) is 10.4. The van der Waals surface area contributed by atoms with Gasteiger partial charge in [0, 0.05) is 7.11 Å².